The van der Waals surface area contributed by atoms with Gasteiger partial charge in [0.25, 0.3) is 0 Å². The highest BCUT2D eigenvalue weighted by Gasteiger charge is 2.07. The van der Waals surface area contributed by atoms with E-state index in [0.29, 0.717) is 11.9 Å². The van der Waals surface area contributed by atoms with E-state index in [1.807, 2.05) is 26.0 Å². The minimum atomic E-state index is 0.215. The second-order valence-corrected chi connectivity index (χ2v) is 4.74. The van der Waals surface area contributed by atoms with Gasteiger partial charge in [0.1, 0.15) is 5.88 Å². The molecule has 0 spiro atoms. The molecule has 4 nitrogen and oxygen atoms in total. The van der Waals surface area contributed by atoms with Crippen molar-refractivity contribution in [2.24, 2.45) is 0 Å². The Kier molecular flexibility index (Phi) is 3.69. The zero-order chi connectivity index (χ0) is 12.4. The first-order chi connectivity index (χ1) is 8.10. The van der Waals surface area contributed by atoms with Crippen LogP contribution < -0.4 is 5.32 Å². The molecule has 2 rings (SSSR count). The summed E-state index contributed by atoms with van der Waals surface area (Å²) in [4.78, 5) is 0. The Morgan fingerprint density at radius 1 is 1.29 bits per heavy atom. The highest BCUT2D eigenvalue weighted by Crippen LogP contribution is 2.26. The fraction of sp³-hybridized carbons (Fsp3) is 0.273. The maximum atomic E-state index is 5.58. The second kappa shape index (κ2) is 5.06. The SMILES string of the molecule is Cc1cc(Nc2nnc(CCl)o2)cc(C)c1Br. The second-order valence-electron chi connectivity index (χ2n) is 3.68. The van der Waals surface area contributed by atoms with Gasteiger partial charge >= 0.3 is 6.01 Å². The number of hydrogen-bond donors (Lipinski definition) is 1. The molecule has 0 amide bonds. The number of aryl methyl sites for hydroxylation is 2. The predicted octanol–water partition coefficient (Wildman–Crippen LogP) is 3.93. The number of hydrogen-bond acceptors (Lipinski definition) is 4. The molecule has 0 aliphatic carbocycles. The molecule has 1 N–H and O–H groups in total. The molecule has 0 fully saturated rings. The Bertz CT molecular complexity index is 518. The van der Waals surface area contributed by atoms with Crippen LogP contribution in [0.15, 0.2) is 21.0 Å². The number of rotatable bonds is 3. The molecule has 0 unspecified atom stereocenters. The van der Waals surface area contributed by atoms with Crippen molar-refractivity contribution < 1.29 is 4.42 Å². The van der Waals surface area contributed by atoms with Crippen molar-refractivity contribution in [3.63, 3.8) is 0 Å². The lowest BCUT2D eigenvalue weighted by atomic mass is 10.1. The Hall–Kier alpha value is -1.07. The molecular weight excluding hydrogens is 305 g/mol. The van der Waals surface area contributed by atoms with Gasteiger partial charge in [0, 0.05) is 10.2 Å². The Morgan fingerprint density at radius 2 is 1.94 bits per heavy atom. The third-order valence-corrected chi connectivity index (χ3v) is 3.75. The van der Waals surface area contributed by atoms with Crippen LogP contribution in [0.3, 0.4) is 0 Å². The van der Waals surface area contributed by atoms with E-state index >= 15 is 0 Å². The maximum absolute atomic E-state index is 5.58. The lowest BCUT2D eigenvalue weighted by Crippen LogP contribution is -1.93. The summed E-state index contributed by atoms with van der Waals surface area (Å²) >= 11 is 9.10. The summed E-state index contributed by atoms with van der Waals surface area (Å²) in [6.07, 6.45) is 0. The first kappa shape index (κ1) is 12.4. The van der Waals surface area contributed by atoms with Crippen LogP contribution in [-0.4, -0.2) is 10.2 Å². The Balaban J connectivity index is 2.24. The quantitative estimate of drug-likeness (QED) is 0.872. The Morgan fingerprint density at radius 3 is 2.47 bits per heavy atom. The van der Waals surface area contributed by atoms with E-state index in [1.54, 1.807) is 0 Å². The van der Waals surface area contributed by atoms with E-state index in [9.17, 15) is 0 Å². The van der Waals surface area contributed by atoms with Gasteiger partial charge in [-0.3, -0.25) is 0 Å². The molecule has 17 heavy (non-hydrogen) atoms. The van der Waals surface area contributed by atoms with E-state index in [2.05, 4.69) is 31.4 Å². The van der Waals surface area contributed by atoms with Crippen LogP contribution in [0.25, 0.3) is 0 Å². The molecule has 0 aliphatic rings. The van der Waals surface area contributed by atoms with Crippen LogP contribution in [0, 0.1) is 13.8 Å². The summed E-state index contributed by atoms with van der Waals surface area (Å²) in [6, 6.07) is 4.35. The largest absolute Gasteiger partial charge is 0.407 e. The van der Waals surface area contributed by atoms with Crippen LogP contribution in [-0.2, 0) is 5.88 Å². The highest BCUT2D eigenvalue weighted by atomic mass is 79.9. The summed E-state index contributed by atoms with van der Waals surface area (Å²) in [7, 11) is 0. The van der Waals surface area contributed by atoms with Gasteiger partial charge in [0.2, 0.25) is 5.89 Å². The number of nitrogens with zero attached hydrogens (tertiary/aromatic N) is 2. The molecule has 0 saturated carbocycles. The van der Waals surface area contributed by atoms with E-state index in [1.165, 1.54) is 0 Å². The zero-order valence-electron chi connectivity index (χ0n) is 9.42. The standard InChI is InChI=1S/C11H11BrClN3O/c1-6-3-8(4-7(2)10(6)12)14-11-16-15-9(5-13)17-11/h3-4H,5H2,1-2H3,(H,14,16). The molecular formula is C11H11BrClN3O. The van der Waals surface area contributed by atoms with E-state index in [0.717, 1.165) is 21.3 Å². The van der Waals surface area contributed by atoms with Crippen LogP contribution in [0.1, 0.15) is 17.0 Å². The number of alkyl halides is 1. The minimum Gasteiger partial charge on any atom is -0.407 e. The van der Waals surface area contributed by atoms with Crippen molar-refractivity contribution in [2.75, 3.05) is 5.32 Å². The third kappa shape index (κ3) is 2.79. The molecule has 2 aromatic rings. The van der Waals surface area contributed by atoms with Crippen LogP contribution in [0.2, 0.25) is 0 Å². The summed E-state index contributed by atoms with van der Waals surface area (Å²) in [5.41, 5.74) is 3.20. The fourth-order valence-corrected chi connectivity index (χ4v) is 1.84. The van der Waals surface area contributed by atoms with Crippen LogP contribution >= 0.6 is 27.5 Å². The molecule has 1 aromatic heterocycles. The summed E-state index contributed by atoms with van der Waals surface area (Å²) in [5, 5.41) is 10.7. The Labute approximate surface area is 113 Å². The molecule has 0 radical (unpaired) electrons. The topological polar surface area (TPSA) is 51.0 Å². The van der Waals surface area contributed by atoms with Crippen molar-refractivity contribution in [1.82, 2.24) is 10.2 Å². The van der Waals surface area contributed by atoms with Gasteiger partial charge in [-0.15, -0.1) is 16.7 Å². The summed E-state index contributed by atoms with van der Waals surface area (Å²) in [6.45, 7) is 4.06. The van der Waals surface area contributed by atoms with E-state index in [4.69, 9.17) is 16.0 Å². The first-order valence-corrected chi connectivity index (χ1v) is 6.35. The highest BCUT2D eigenvalue weighted by molar-refractivity contribution is 9.10. The molecule has 0 saturated heterocycles. The molecule has 0 aliphatic heterocycles. The normalized spacial score (nSPS) is 10.6. The van der Waals surface area contributed by atoms with E-state index < -0.39 is 0 Å². The first-order valence-electron chi connectivity index (χ1n) is 5.02. The molecule has 1 heterocycles. The van der Waals surface area contributed by atoms with Gasteiger partial charge in [-0.05, 0) is 37.1 Å². The summed E-state index contributed by atoms with van der Waals surface area (Å²) in [5.74, 6) is 0.618. The van der Waals surface area contributed by atoms with Crippen LogP contribution in [0.5, 0.6) is 0 Å². The van der Waals surface area contributed by atoms with Gasteiger partial charge < -0.3 is 9.73 Å². The smallest absolute Gasteiger partial charge is 0.320 e. The predicted molar refractivity (Wildman–Crippen MR) is 70.8 cm³/mol. The zero-order valence-corrected chi connectivity index (χ0v) is 11.8. The molecule has 1 aromatic carbocycles. The molecule has 0 bridgehead atoms. The van der Waals surface area contributed by atoms with Gasteiger partial charge in [-0.2, -0.15) is 0 Å². The van der Waals surface area contributed by atoms with Gasteiger partial charge in [0.15, 0.2) is 0 Å². The fourth-order valence-electron chi connectivity index (χ4n) is 1.50. The average Bonchev–Trinajstić information content (AvgIpc) is 2.73. The average molecular weight is 317 g/mol. The van der Waals surface area contributed by atoms with Gasteiger partial charge in [-0.1, -0.05) is 21.0 Å². The van der Waals surface area contributed by atoms with Gasteiger partial charge in [-0.25, -0.2) is 0 Å². The number of nitrogens with one attached hydrogen (secondary N) is 1. The molecule has 6 heteroatoms. The van der Waals surface area contributed by atoms with Crippen molar-refractivity contribution >= 4 is 39.2 Å². The lowest BCUT2D eigenvalue weighted by molar-refractivity contribution is 0.530. The van der Waals surface area contributed by atoms with Gasteiger partial charge in [0.05, 0.1) is 0 Å². The molecule has 0 atom stereocenters. The monoisotopic (exact) mass is 315 g/mol. The third-order valence-electron chi connectivity index (χ3n) is 2.27. The van der Waals surface area contributed by atoms with Crippen LogP contribution in [0.4, 0.5) is 11.7 Å². The minimum absolute atomic E-state index is 0.215. The maximum Gasteiger partial charge on any atom is 0.320 e. The van der Waals surface area contributed by atoms with E-state index in [-0.39, 0.29) is 5.88 Å². The van der Waals surface area contributed by atoms with Crippen molar-refractivity contribution in [2.45, 2.75) is 19.7 Å². The van der Waals surface area contributed by atoms with Crippen molar-refractivity contribution in [1.29, 1.82) is 0 Å². The van der Waals surface area contributed by atoms with Crippen molar-refractivity contribution in [3.8, 4) is 0 Å². The number of halogens is 2. The number of aromatic nitrogens is 2. The summed E-state index contributed by atoms with van der Waals surface area (Å²) < 4.78 is 6.38. The number of benzene rings is 1. The molecule has 90 valence electrons. The van der Waals surface area contributed by atoms with Crippen molar-refractivity contribution in [3.05, 3.63) is 33.6 Å². The lowest BCUT2D eigenvalue weighted by Gasteiger charge is -2.07. The number of anilines is 2.